The van der Waals surface area contributed by atoms with Gasteiger partial charge in [-0.1, -0.05) is 5.16 Å². The van der Waals surface area contributed by atoms with E-state index in [9.17, 15) is 9.18 Å². The van der Waals surface area contributed by atoms with Gasteiger partial charge in [0.15, 0.2) is 5.84 Å². The van der Waals surface area contributed by atoms with E-state index in [1.165, 1.54) is 18.3 Å². The van der Waals surface area contributed by atoms with E-state index in [1.54, 1.807) is 0 Å². The zero-order valence-electron chi connectivity index (χ0n) is 7.35. The molecule has 0 aliphatic carbocycles. The van der Waals surface area contributed by atoms with Gasteiger partial charge in [0.2, 0.25) is 0 Å². The zero-order valence-corrected chi connectivity index (χ0v) is 7.35. The number of hydrogen-bond acceptors (Lipinski definition) is 3. The normalized spacial score (nSPS) is 11.6. The van der Waals surface area contributed by atoms with E-state index in [1.807, 2.05) is 0 Å². The molecule has 1 aromatic heterocycles. The van der Waals surface area contributed by atoms with Crippen LogP contribution >= 0.6 is 0 Å². The number of nitrogens with zero attached hydrogens (tertiary/aromatic N) is 2. The van der Waals surface area contributed by atoms with Crippen molar-refractivity contribution in [2.75, 3.05) is 6.67 Å². The predicted molar refractivity (Wildman–Crippen MR) is 49.2 cm³/mol. The molecular formula is C8H10FN3O2. The van der Waals surface area contributed by atoms with E-state index >= 15 is 0 Å². The number of oxime groups is 1. The molecule has 5 nitrogen and oxygen atoms in total. The third-order valence-corrected chi connectivity index (χ3v) is 1.73. The van der Waals surface area contributed by atoms with Crippen LogP contribution in [0.15, 0.2) is 28.3 Å². The highest BCUT2D eigenvalue weighted by molar-refractivity contribution is 5.96. The quantitative estimate of drug-likeness (QED) is 0.309. The van der Waals surface area contributed by atoms with E-state index in [0.29, 0.717) is 0 Å². The van der Waals surface area contributed by atoms with Crippen molar-refractivity contribution in [1.82, 2.24) is 4.57 Å². The maximum atomic E-state index is 12.0. The molecule has 0 amide bonds. The van der Waals surface area contributed by atoms with Crippen LogP contribution in [-0.2, 0) is 6.54 Å². The summed E-state index contributed by atoms with van der Waals surface area (Å²) in [6, 6.07) is 2.94. The van der Waals surface area contributed by atoms with Crippen LogP contribution in [0.4, 0.5) is 4.39 Å². The Labute approximate surface area is 79.3 Å². The number of hydrogen-bond donors (Lipinski definition) is 2. The SMILES string of the molecule is N/C(=N/O)c1cccn(CCF)c1=O. The van der Waals surface area contributed by atoms with Gasteiger partial charge >= 0.3 is 0 Å². The van der Waals surface area contributed by atoms with Crippen LogP contribution in [0.25, 0.3) is 0 Å². The molecule has 0 bridgehead atoms. The fraction of sp³-hybridized carbons (Fsp3) is 0.250. The number of aryl methyl sites for hydroxylation is 1. The van der Waals surface area contributed by atoms with E-state index in [4.69, 9.17) is 10.9 Å². The summed E-state index contributed by atoms with van der Waals surface area (Å²) in [6.07, 6.45) is 1.44. The minimum absolute atomic E-state index is 0.0363. The molecule has 0 aliphatic heterocycles. The molecule has 0 spiro atoms. The van der Waals surface area contributed by atoms with Crippen molar-refractivity contribution >= 4 is 5.84 Å². The van der Waals surface area contributed by atoms with Crippen LogP contribution in [0, 0.1) is 0 Å². The van der Waals surface area contributed by atoms with E-state index in [2.05, 4.69) is 5.16 Å². The van der Waals surface area contributed by atoms with Crippen LogP contribution in [0.2, 0.25) is 0 Å². The van der Waals surface area contributed by atoms with Gasteiger partial charge < -0.3 is 15.5 Å². The highest BCUT2D eigenvalue weighted by Crippen LogP contribution is 1.92. The van der Waals surface area contributed by atoms with Crippen molar-refractivity contribution in [3.05, 3.63) is 34.2 Å². The molecular weight excluding hydrogens is 189 g/mol. The molecule has 1 heterocycles. The lowest BCUT2D eigenvalue weighted by atomic mass is 10.2. The lowest BCUT2D eigenvalue weighted by molar-refractivity contribution is 0.318. The molecule has 3 N–H and O–H groups in total. The Kier molecular flexibility index (Phi) is 3.22. The highest BCUT2D eigenvalue weighted by Gasteiger charge is 2.06. The molecule has 0 radical (unpaired) electrons. The number of rotatable bonds is 3. The molecule has 6 heteroatoms. The average molecular weight is 199 g/mol. The molecule has 14 heavy (non-hydrogen) atoms. The lowest BCUT2D eigenvalue weighted by Crippen LogP contribution is -2.30. The molecule has 0 saturated carbocycles. The minimum atomic E-state index is -0.639. The zero-order chi connectivity index (χ0) is 10.6. The standard InChI is InChI=1S/C8H10FN3O2/c9-3-5-12-4-1-2-6(8(12)13)7(10)11-14/h1-2,4,14H,3,5H2,(H2,10,11). The Hall–Kier alpha value is -1.85. The third kappa shape index (κ3) is 1.90. The maximum Gasteiger partial charge on any atom is 0.261 e. The van der Waals surface area contributed by atoms with Crippen molar-refractivity contribution in [2.24, 2.45) is 10.9 Å². The number of aromatic nitrogens is 1. The molecule has 76 valence electrons. The van der Waals surface area contributed by atoms with E-state index < -0.39 is 12.2 Å². The molecule has 0 unspecified atom stereocenters. The Balaban J connectivity index is 3.21. The summed E-state index contributed by atoms with van der Waals surface area (Å²) in [4.78, 5) is 11.5. The van der Waals surface area contributed by atoms with Crippen molar-refractivity contribution in [2.45, 2.75) is 6.54 Å². The summed E-state index contributed by atoms with van der Waals surface area (Å²) >= 11 is 0. The molecule has 0 aromatic carbocycles. The molecule has 0 fully saturated rings. The largest absolute Gasteiger partial charge is 0.409 e. The van der Waals surface area contributed by atoms with Crippen molar-refractivity contribution < 1.29 is 9.60 Å². The summed E-state index contributed by atoms with van der Waals surface area (Å²) in [5, 5.41) is 11.1. The first-order valence-corrected chi connectivity index (χ1v) is 3.94. The topological polar surface area (TPSA) is 80.6 Å². The Morgan fingerprint density at radius 2 is 2.43 bits per heavy atom. The van der Waals surface area contributed by atoms with Gasteiger partial charge in [-0.15, -0.1) is 0 Å². The summed E-state index contributed by atoms with van der Waals surface area (Å²) in [7, 11) is 0. The van der Waals surface area contributed by atoms with Gasteiger partial charge in [0.25, 0.3) is 5.56 Å². The van der Waals surface area contributed by atoms with Gasteiger partial charge in [0.05, 0.1) is 12.1 Å². The number of amidine groups is 1. The average Bonchev–Trinajstić information content (AvgIpc) is 2.20. The molecule has 0 atom stereocenters. The smallest absolute Gasteiger partial charge is 0.261 e. The van der Waals surface area contributed by atoms with Crippen LogP contribution < -0.4 is 11.3 Å². The first-order chi connectivity index (χ1) is 6.70. The van der Waals surface area contributed by atoms with E-state index in [0.717, 1.165) is 4.57 Å². The summed E-state index contributed by atoms with van der Waals surface area (Å²) in [5.41, 5.74) is 4.84. The highest BCUT2D eigenvalue weighted by atomic mass is 19.1. The fourth-order valence-corrected chi connectivity index (χ4v) is 1.05. The Morgan fingerprint density at radius 3 is 3.00 bits per heavy atom. The predicted octanol–water partition coefficient (Wildman–Crippen LogP) is -0.0877. The summed E-state index contributed by atoms with van der Waals surface area (Å²) in [5.74, 6) is -0.275. The van der Waals surface area contributed by atoms with Crippen LogP contribution in [-0.4, -0.2) is 22.3 Å². The van der Waals surface area contributed by atoms with E-state index in [-0.39, 0.29) is 17.9 Å². The summed E-state index contributed by atoms with van der Waals surface area (Å²) in [6.45, 7) is -0.676. The van der Waals surface area contributed by atoms with Crippen molar-refractivity contribution in [3.8, 4) is 0 Å². The number of nitrogens with two attached hydrogens (primary N) is 1. The third-order valence-electron chi connectivity index (χ3n) is 1.73. The monoisotopic (exact) mass is 199 g/mol. The Bertz CT molecular complexity index is 400. The second kappa shape index (κ2) is 4.40. The second-order valence-electron chi connectivity index (χ2n) is 2.59. The van der Waals surface area contributed by atoms with Crippen molar-refractivity contribution in [3.63, 3.8) is 0 Å². The van der Waals surface area contributed by atoms with Gasteiger partial charge in [-0.05, 0) is 12.1 Å². The Morgan fingerprint density at radius 1 is 1.71 bits per heavy atom. The molecule has 0 saturated heterocycles. The molecule has 1 rings (SSSR count). The van der Waals surface area contributed by atoms with Gasteiger partial charge in [-0.25, -0.2) is 4.39 Å². The van der Waals surface area contributed by atoms with Crippen LogP contribution in [0.1, 0.15) is 5.56 Å². The van der Waals surface area contributed by atoms with Gasteiger partial charge in [0.1, 0.15) is 6.67 Å². The maximum absolute atomic E-state index is 12.0. The lowest BCUT2D eigenvalue weighted by Gasteiger charge is -2.04. The first-order valence-electron chi connectivity index (χ1n) is 3.94. The van der Waals surface area contributed by atoms with Crippen LogP contribution in [0.3, 0.4) is 0 Å². The van der Waals surface area contributed by atoms with Crippen molar-refractivity contribution in [1.29, 1.82) is 0 Å². The number of halogens is 1. The number of pyridine rings is 1. The fourth-order valence-electron chi connectivity index (χ4n) is 1.05. The van der Waals surface area contributed by atoms with Gasteiger partial charge in [-0.2, -0.15) is 0 Å². The second-order valence-corrected chi connectivity index (χ2v) is 2.59. The van der Waals surface area contributed by atoms with Gasteiger partial charge in [-0.3, -0.25) is 4.79 Å². The number of alkyl halides is 1. The van der Waals surface area contributed by atoms with Gasteiger partial charge in [0, 0.05) is 6.20 Å². The van der Waals surface area contributed by atoms with Crippen LogP contribution in [0.5, 0.6) is 0 Å². The minimum Gasteiger partial charge on any atom is -0.409 e. The first kappa shape index (κ1) is 10.2. The molecule has 0 aliphatic rings. The summed E-state index contributed by atoms with van der Waals surface area (Å²) < 4.78 is 13.2. The molecule has 1 aromatic rings.